The summed E-state index contributed by atoms with van der Waals surface area (Å²) in [5, 5.41) is 16.0. The Labute approximate surface area is 249 Å². The van der Waals surface area contributed by atoms with Gasteiger partial charge in [0.05, 0.1) is 24.1 Å². The second-order valence-corrected chi connectivity index (χ2v) is 12.2. The number of rotatable bonds is 8. The highest BCUT2D eigenvalue weighted by atomic mass is 32.2. The number of hydrogen-bond donors (Lipinski definition) is 3. The number of carbonyl (C=O) groups excluding carboxylic acids is 1. The summed E-state index contributed by atoms with van der Waals surface area (Å²) in [6, 6.07) is 17.2. The third-order valence-corrected chi connectivity index (χ3v) is 9.20. The van der Waals surface area contributed by atoms with Crippen LogP contribution >= 0.6 is 11.3 Å². The number of nitrogens with zero attached hydrogens (tertiary/aromatic N) is 2. The number of benzene rings is 2. The van der Waals surface area contributed by atoms with Gasteiger partial charge in [0, 0.05) is 48.6 Å². The lowest BCUT2D eigenvalue weighted by molar-refractivity contribution is -0.192. The van der Waals surface area contributed by atoms with Crippen LogP contribution in [0, 0.1) is 0 Å². The fraction of sp³-hybridized carbons (Fsp3) is 0.286. The van der Waals surface area contributed by atoms with E-state index in [0.717, 1.165) is 36.6 Å². The van der Waals surface area contributed by atoms with Crippen molar-refractivity contribution in [2.75, 3.05) is 33.3 Å². The minimum Gasteiger partial charge on any atom is -0.496 e. The van der Waals surface area contributed by atoms with Gasteiger partial charge in [0.1, 0.15) is 11.4 Å². The third kappa shape index (κ3) is 7.54. The summed E-state index contributed by atoms with van der Waals surface area (Å²) in [7, 11) is -2.44. The number of hydrogen-bond acceptors (Lipinski definition) is 8. The molecule has 15 heteroatoms. The molecule has 43 heavy (non-hydrogen) atoms. The van der Waals surface area contributed by atoms with E-state index in [4.69, 9.17) is 14.6 Å². The summed E-state index contributed by atoms with van der Waals surface area (Å²) < 4.78 is 66.3. The van der Waals surface area contributed by atoms with Crippen molar-refractivity contribution in [3.8, 4) is 5.75 Å². The first-order valence-corrected chi connectivity index (χ1v) is 15.3. The number of ether oxygens (including phenoxy) is 1. The van der Waals surface area contributed by atoms with Crippen LogP contribution in [0.25, 0.3) is 10.9 Å². The van der Waals surface area contributed by atoms with Crippen LogP contribution in [-0.4, -0.2) is 73.7 Å². The molecule has 1 saturated heterocycles. The van der Waals surface area contributed by atoms with Crippen LogP contribution in [0.1, 0.15) is 20.9 Å². The second-order valence-electron chi connectivity index (χ2n) is 9.38. The van der Waals surface area contributed by atoms with Crippen LogP contribution in [0.3, 0.4) is 0 Å². The summed E-state index contributed by atoms with van der Waals surface area (Å²) in [4.78, 5) is 25.7. The van der Waals surface area contributed by atoms with Gasteiger partial charge in [-0.05, 0) is 41.8 Å². The summed E-state index contributed by atoms with van der Waals surface area (Å²) >= 11 is 1.53. The highest BCUT2D eigenvalue weighted by Crippen LogP contribution is 2.34. The summed E-state index contributed by atoms with van der Waals surface area (Å²) in [6.45, 7) is 4.43. The maximum absolute atomic E-state index is 13.9. The Kier molecular flexibility index (Phi) is 10.1. The number of aliphatic carboxylic acids is 1. The molecule has 0 bridgehead atoms. The first kappa shape index (κ1) is 32.0. The Morgan fingerprint density at radius 3 is 2.33 bits per heavy atom. The molecular formula is C28H29F3N4O6S2. The van der Waals surface area contributed by atoms with Gasteiger partial charge in [0.25, 0.3) is 15.9 Å². The van der Waals surface area contributed by atoms with Gasteiger partial charge in [-0.25, -0.2) is 17.2 Å². The number of carboxylic acids is 1. The molecule has 4 aromatic rings. The fourth-order valence-corrected chi connectivity index (χ4v) is 6.70. The largest absolute Gasteiger partial charge is 0.496 e. The number of amides is 1. The molecule has 5 rings (SSSR count). The van der Waals surface area contributed by atoms with Crippen molar-refractivity contribution in [2.24, 2.45) is 0 Å². The Hall–Kier alpha value is -3.92. The van der Waals surface area contributed by atoms with E-state index in [1.807, 2.05) is 17.5 Å². The molecular weight excluding hydrogens is 609 g/mol. The van der Waals surface area contributed by atoms with Crippen LogP contribution in [-0.2, 0) is 27.9 Å². The van der Waals surface area contributed by atoms with Crippen LogP contribution in [0.4, 0.5) is 13.2 Å². The van der Waals surface area contributed by atoms with Crippen molar-refractivity contribution in [3.05, 3.63) is 82.2 Å². The molecule has 1 amide bonds. The van der Waals surface area contributed by atoms with Gasteiger partial charge in [0.2, 0.25) is 0 Å². The Morgan fingerprint density at radius 2 is 1.74 bits per heavy atom. The molecule has 0 saturated carbocycles. The number of methoxy groups -OCH3 is 1. The monoisotopic (exact) mass is 638 g/mol. The quantitative estimate of drug-likeness (QED) is 0.265. The van der Waals surface area contributed by atoms with E-state index in [1.165, 1.54) is 15.3 Å². The first-order chi connectivity index (χ1) is 20.4. The molecule has 3 heterocycles. The average molecular weight is 639 g/mol. The molecule has 2 aromatic carbocycles. The van der Waals surface area contributed by atoms with Crippen molar-refractivity contribution in [3.63, 3.8) is 0 Å². The average Bonchev–Trinajstić information content (AvgIpc) is 3.66. The number of nitrogens with one attached hydrogen (secondary N) is 2. The molecule has 1 aliphatic heterocycles. The zero-order valence-electron chi connectivity index (χ0n) is 22.9. The lowest BCUT2D eigenvalue weighted by Crippen LogP contribution is -2.42. The molecule has 3 N–H and O–H groups in total. The van der Waals surface area contributed by atoms with Gasteiger partial charge >= 0.3 is 12.1 Å². The molecule has 0 radical (unpaired) electrons. The summed E-state index contributed by atoms with van der Waals surface area (Å²) in [6.07, 6.45) is -5.08. The summed E-state index contributed by atoms with van der Waals surface area (Å²) in [5.74, 6) is -2.54. The lowest BCUT2D eigenvalue weighted by atomic mass is 10.1. The van der Waals surface area contributed by atoms with Gasteiger partial charge in [-0.15, -0.1) is 11.3 Å². The summed E-state index contributed by atoms with van der Waals surface area (Å²) in [5.41, 5.74) is 1.39. The number of aromatic nitrogens is 1. The van der Waals surface area contributed by atoms with Crippen molar-refractivity contribution in [2.45, 2.75) is 24.2 Å². The molecule has 0 spiro atoms. The van der Waals surface area contributed by atoms with E-state index in [-0.39, 0.29) is 10.6 Å². The van der Waals surface area contributed by atoms with Gasteiger partial charge in [-0.1, -0.05) is 24.3 Å². The predicted molar refractivity (Wildman–Crippen MR) is 155 cm³/mol. The number of carboxylic acid groups (broad SMARTS) is 1. The molecule has 1 fully saturated rings. The van der Waals surface area contributed by atoms with Crippen molar-refractivity contribution in [1.82, 2.24) is 19.5 Å². The molecule has 2 aromatic heterocycles. The van der Waals surface area contributed by atoms with E-state index < -0.39 is 28.1 Å². The predicted octanol–water partition coefficient (Wildman–Crippen LogP) is 3.92. The maximum atomic E-state index is 13.9. The molecule has 1 aliphatic rings. The number of halogens is 3. The highest BCUT2D eigenvalue weighted by molar-refractivity contribution is 7.90. The Morgan fingerprint density at radius 1 is 1.07 bits per heavy atom. The topological polar surface area (TPSA) is 130 Å². The van der Waals surface area contributed by atoms with Crippen molar-refractivity contribution in [1.29, 1.82) is 0 Å². The standard InChI is InChI=1S/C26H28N4O4S2.C2HF3O2/c1-34-25-10-9-23-21(22(25)18-29-13-11-27-12-14-29)16-24(26(31)28-17-19-6-5-15-35-19)30(23)36(32,33)20-7-3-2-4-8-20;3-2(4,5)1(6)7/h2-10,15-16,27H,11-14,17-18H2,1H3,(H,28,31);(H,6,7). The molecule has 10 nitrogen and oxygen atoms in total. The lowest BCUT2D eigenvalue weighted by Gasteiger charge is -2.28. The number of alkyl halides is 3. The van der Waals surface area contributed by atoms with Gasteiger partial charge < -0.3 is 20.5 Å². The van der Waals surface area contributed by atoms with E-state index >= 15 is 0 Å². The second kappa shape index (κ2) is 13.6. The van der Waals surface area contributed by atoms with Gasteiger partial charge in [-0.2, -0.15) is 13.2 Å². The highest BCUT2D eigenvalue weighted by Gasteiger charge is 2.38. The third-order valence-electron chi connectivity index (χ3n) is 6.58. The van der Waals surface area contributed by atoms with Crippen LogP contribution < -0.4 is 15.4 Å². The Balaban J connectivity index is 0.000000541. The normalized spacial score (nSPS) is 14.1. The van der Waals surface area contributed by atoms with Crippen molar-refractivity contribution < 1.29 is 41.0 Å². The van der Waals surface area contributed by atoms with Crippen LogP contribution in [0.15, 0.2) is 70.9 Å². The van der Waals surface area contributed by atoms with Crippen LogP contribution in [0.5, 0.6) is 5.75 Å². The number of thiophene rings is 1. The molecule has 0 aliphatic carbocycles. The van der Waals surface area contributed by atoms with E-state index in [9.17, 15) is 26.4 Å². The SMILES string of the molecule is COc1ccc2c(cc(C(=O)NCc3cccs3)n2S(=O)(=O)c2ccccc2)c1CN1CCNCC1.O=C(O)C(F)(F)F. The minimum atomic E-state index is -5.08. The number of fused-ring (bicyclic) bond motifs is 1. The molecule has 230 valence electrons. The van der Waals surface area contributed by atoms with E-state index in [1.54, 1.807) is 55.6 Å². The van der Waals surface area contributed by atoms with Gasteiger partial charge in [-0.3, -0.25) is 9.69 Å². The first-order valence-electron chi connectivity index (χ1n) is 13.0. The zero-order valence-corrected chi connectivity index (χ0v) is 24.6. The zero-order chi connectivity index (χ0) is 31.2. The fourth-order valence-electron chi connectivity index (χ4n) is 4.53. The maximum Gasteiger partial charge on any atom is 0.490 e. The van der Waals surface area contributed by atoms with Crippen molar-refractivity contribution >= 4 is 44.1 Å². The minimum absolute atomic E-state index is 0.0697. The molecule has 0 unspecified atom stereocenters. The number of carbonyl (C=O) groups is 2. The van der Waals surface area contributed by atoms with Crippen LogP contribution in [0.2, 0.25) is 0 Å². The van der Waals surface area contributed by atoms with E-state index in [0.29, 0.717) is 29.7 Å². The smallest absolute Gasteiger partial charge is 0.490 e. The molecule has 0 atom stereocenters. The Bertz CT molecular complexity index is 1670. The number of piperazine rings is 1. The van der Waals surface area contributed by atoms with E-state index in [2.05, 4.69) is 15.5 Å². The van der Waals surface area contributed by atoms with Gasteiger partial charge in [0.15, 0.2) is 0 Å².